The van der Waals surface area contributed by atoms with Crippen molar-refractivity contribution in [1.29, 1.82) is 0 Å². The first-order chi connectivity index (χ1) is 12.3. The van der Waals surface area contributed by atoms with Crippen molar-refractivity contribution < 1.29 is 18.0 Å². The van der Waals surface area contributed by atoms with Crippen molar-refractivity contribution in [3.05, 3.63) is 22.8 Å². The number of amides is 1. The maximum Gasteiger partial charge on any atom is 0.417 e. The largest absolute Gasteiger partial charge is 0.417 e. The molecular weight excluding hydrogens is 369 g/mol. The van der Waals surface area contributed by atoms with E-state index in [2.05, 4.69) is 22.5 Å². The van der Waals surface area contributed by atoms with Gasteiger partial charge in [-0.15, -0.1) is 0 Å². The van der Waals surface area contributed by atoms with Gasteiger partial charge in [-0.3, -0.25) is 4.79 Å². The maximum atomic E-state index is 12.7. The fraction of sp³-hybridized carbons (Fsp3) is 0.647. The third-order valence-corrected chi connectivity index (χ3v) is 4.62. The lowest BCUT2D eigenvalue weighted by molar-refractivity contribution is -0.137. The molecule has 2 N–H and O–H groups in total. The van der Waals surface area contributed by atoms with Crippen LogP contribution in [0.1, 0.15) is 31.7 Å². The third kappa shape index (κ3) is 5.74. The quantitative estimate of drug-likeness (QED) is 0.700. The second-order valence-corrected chi connectivity index (χ2v) is 6.74. The molecule has 0 unspecified atom stereocenters. The second-order valence-electron chi connectivity index (χ2n) is 6.33. The molecule has 1 saturated heterocycles. The van der Waals surface area contributed by atoms with Crippen molar-refractivity contribution in [2.75, 3.05) is 37.6 Å². The van der Waals surface area contributed by atoms with Crippen LogP contribution in [0.3, 0.4) is 0 Å². The zero-order valence-electron chi connectivity index (χ0n) is 14.7. The van der Waals surface area contributed by atoms with Crippen LogP contribution in [0.5, 0.6) is 0 Å². The summed E-state index contributed by atoms with van der Waals surface area (Å²) in [5.41, 5.74) is -0.864. The zero-order valence-corrected chi connectivity index (χ0v) is 15.5. The first kappa shape index (κ1) is 20.8. The molecule has 0 bridgehead atoms. The number of nitrogens with one attached hydrogen (secondary N) is 2. The summed E-state index contributed by atoms with van der Waals surface area (Å²) < 4.78 is 38.1. The Kier molecular flexibility index (Phi) is 7.52. The van der Waals surface area contributed by atoms with E-state index >= 15 is 0 Å². The molecule has 5 nitrogen and oxygen atoms in total. The molecule has 1 aliphatic rings. The molecule has 0 atom stereocenters. The van der Waals surface area contributed by atoms with Crippen LogP contribution in [-0.2, 0) is 11.0 Å². The molecule has 2 rings (SSSR count). The van der Waals surface area contributed by atoms with Gasteiger partial charge in [0.05, 0.1) is 10.6 Å². The highest BCUT2D eigenvalue weighted by Gasteiger charge is 2.32. The monoisotopic (exact) mass is 392 g/mol. The lowest BCUT2D eigenvalue weighted by atomic mass is 9.96. The molecule has 0 aliphatic carbocycles. The summed E-state index contributed by atoms with van der Waals surface area (Å²) in [7, 11) is 0. The van der Waals surface area contributed by atoms with Gasteiger partial charge >= 0.3 is 6.18 Å². The van der Waals surface area contributed by atoms with E-state index in [4.69, 9.17) is 11.6 Å². The average Bonchev–Trinajstić information content (AvgIpc) is 2.60. The third-order valence-electron chi connectivity index (χ3n) is 4.34. The van der Waals surface area contributed by atoms with E-state index < -0.39 is 11.7 Å². The number of nitrogens with zero attached hydrogens (tertiary/aromatic N) is 2. The SMILES string of the molecule is CCCNCCNC(=O)C1CCN(c2ncc(C(F)(F)F)cc2Cl)CC1. The topological polar surface area (TPSA) is 57.3 Å². The first-order valence-corrected chi connectivity index (χ1v) is 9.16. The fourth-order valence-corrected chi connectivity index (χ4v) is 3.18. The smallest absolute Gasteiger partial charge is 0.355 e. The summed E-state index contributed by atoms with van der Waals surface area (Å²) in [5.74, 6) is 0.266. The fourth-order valence-electron chi connectivity index (χ4n) is 2.89. The van der Waals surface area contributed by atoms with Gasteiger partial charge in [0.15, 0.2) is 0 Å². The standard InChI is InChI=1S/C17H24ClF3N4O/c1-2-5-22-6-7-23-16(26)12-3-8-25(9-4-12)15-14(18)10-13(11-24-15)17(19,20)21/h10-12,22H,2-9H2,1H3,(H,23,26). The molecule has 0 aromatic carbocycles. The van der Waals surface area contributed by atoms with Gasteiger partial charge in [0.1, 0.15) is 5.82 Å². The summed E-state index contributed by atoms with van der Waals surface area (Å²) in [4.78, 5) is 17.9. The number of hydrogen-bond donors (Lipinski definition) is 2. The number of piperidine rings is 1. The van der Waals surface area contributed by atoms with Crippen LogP contribution in [0.4, 0.5) is 19.0 Å². The van der Waals surface area contributed by atoms with Gasteiger partial charge in [-0.1, -0.05) is 18.5 Å². The number of alkyl halides is 3. The van der Waals surface area contributed by atoms with Gasteiger partial charge in [0, 0.05) is 38.3 Å². The minimum absolute atomic E-state index is 0.0226. The Balaban J connectivity index is 1.83. The second kappa shape index (κ2) is 9.41. The molecular formula is C17H24ClF3N4O. The molecule has 146 valence electrons. The van der Waals surface area contributed by atoms with E-state index in [1.807, 2.05) is 4.90 Å². The summed E-state index contributed by atoms with van der Waals surface area (Å²) in [6, 6.07) is 0.895. The highest BCUT2D eigenvalue weighted by atomic mass is 35.5. The molecule has 2 heterocycles. The van der Waals surface area contributed by atoms with Crippen molar-refractivity contribution in [2.45, 2.75) is 32.4 Å². The Bertz CT molecular complexity index is 604. The average molecular weight is 393 g/mol. The minimum atomic E-state index is -4.47. The summed E-state index contributed by atoms with van der Waals surface area (Å²) in [6.45, 7) is 5.40. The van der Waals surface area contributed by atoms with E-state index in [0.29, 0.717) is 38.3 Å². The number of rotatable bonds is 7. The number of hydrogen-bond acceptors (Lipinski definition) is 4. The van der Waals surface area contributed by atoms with E-state index in [-0.39, 0.29) is 16.8 Å². The number of halogens is 4. The zero-order chi connectivity index (χ0) is 19.2. The Labute approximate surface area is 156 Å². The van der Waals surface area contributed by atoms with Gasteiger partial charge in [-0.25, -0.2) is 4.98 Å². The van der Waals surface area contributed by atoms with Crippen molar-refractivity contribution in [2.24, 2.45) is 5.92 Å². The molecule has 0 saturated carbocycles. The predicted molar refractivity (Wildman–Crippen MR) is 95.4 cm³/mol. The van der Waals surface area contributed by atoms with Crippen LogP contribution in [0.2, 0.25) is 5.02 Å². The van der Waals surface area contributed by atoms with Crippen LogP contribution < -0.4 is 15.5 Å². The van der Waals surface area contributed by atoms with Crippen molar-refractivity contribution in [3.63, 3.8) is 0 Å². The number of pyridine rings is 1. The Morgan fingerprint density at radius 2 is 2.00 bits per heavy atom. The van der Waals surface area contributed by atoms with E-state index in [1.165, 1.54) is 0 Å². The molecule has 1 aromatic rings. The highest BCUT2D eigenvalue weighted by Crippen LogP contribution is 2.34. The van der Waals surface area contributed by atoms with E-state index in [0.717, 1.165) is 31.8 Å². The van der Waals surface area contributed by atoms with Crippen molar-refractivity contribution in [3.8, 4) is 0 Å². The molecule has 0 radical (unpaired) electrons. The molecule has 9 heteroatoms. The lowest BCUT2D eigenvalue weighted by Gasteiger charge is -2.32. The van der Waals surface area contributed by atoms with Crippen LogP contribution in [0.15, 0.2) is 12.3 Å². The molecule has 1 aliphatic heterocycles. The van der Waals surface area contributed by atoms with Crippen molar-refractivity contribution in [1.82, 2.24) is 15.6 Å². The molecule has 1 fully saturated rings. The van der Waals surface area contributed by atoms with Gasteiger partial charge in [-0.05, 0) is 31.9 Å². The van der Waals surface area contributed by atoms with E-state index in [1.54, 1.807) is 0 Å². The summed E-state index contributed by atoms with van der Waals surface area (Å²) in [5, 5.41) is 6.11. The predicted octanol–water partition coefficient (Wildman–Crippen LogP) is 3.09. The Morgan fingerprint density at radius 3 is 2.58 bits per heavy atom. The normalized spacial score (nSPS) is 16.0. The van der Waals surface area contributed by atoms with Gasteiger partial charge in [0.2, 0.25) is 5.91 Å². The Hall–Kier alpha value is -1.54. The number of carbonyl (C=O) groups is 1. The van der Waals surface area contributed by atoms with Gasteiger partial charge in [-0.2, -0.15) is 13.2 Å². The van der Waals surface area contributed by atoms with Crippen LogP contribution >= 0.6 is 11.6 Å². The van der Waals surface area contributed by atoms with Gasteiger partial charge in [0.25, 0.3) is 0 Å². The van der Waals surface area contributed by atoms with E-state index in [9.17, 15) is 18.0 Å². The van der Waals surface area contributed by atoms with Crippen molar-refractivity contribution >= 4 is 23.3 Å². The molecule has 1 amide bonds. The lowest BCUT2D eigenvalue weighted by Crippen LogP contribution is -2.42. The maximum absolute atomic E-state index is 12.7. The van der Waals surface area contributed by atoms with Crippen LogP contribution in [0.25, 0.3) is 0 Å². The summed E-state index contributed by atoms with van der Waals surface area (Å²) >= 11 is 5.99. The van der Waals surface area contributed by atoms with Gasteiger partial charge < -0.3 is 15.5 Å². The van der Waals surface area contributed by atoms with Crippen LogP contribution in [0, 0.1) is 5.92 Å². The molecule has 26 heavy (non-hydrogen) atoms. The number of carbonyl (C=O) groups excluding carboxylic acids is 1. The number of aromatic nitrogens is 1. The molecule has 1 aromatic heterocycles. The van der Waals surface area contributed by atoms with Crippen LogP contribution in [-0.4, -0.2) is 43.6 Å². The highest BCUT2D eigenvalue weighted by molar-refractivity contribution is 6.33. The number of anilines is 1. The summed E-state index contributed by atoms with van der Waals surface area (Å²) in [6.07, 6.45) is -1.39. The first-order valence-electron chi connectivity index (χ1n) is 8.79. The Morgan fingerprint density at radius 1 is 1.31 bits per heavy atom. The molecule has 0 spiro atoms. The minimum Gasteiger partial charge on any atom is -0.355 e.